The number of hydrogen-bond donors (Lipinski definition) is 3. The monoisotopic (exact) mass is 396 g/mol. The molecule has 152 valence electrons. The molecule has 0 aliphatic rings. The minimum absolute atomic E-state index is 0.0174. The van der Waals surface area contributed by atoms with Crippen molar-refractivity contribution in [1.29, 1.82) is 0 Å². The Bertz CT molecular complexity index is 735. The molecule has 0 aromatic heterocycles. The lowest BCUT2D eigenvalue weighted by atomic mass is 9.96. The highest BCUT2D eigenvalue weighted by atomic mass is 32.2. The molecule has 0 fully saturated rings. The molecule has 1 aromatic rings. The van der Waals surface area contributed by atoms with E-state index in [2.05, 4.69) is 20.9 Å². The van der Waals surface area contributed by atoms with Gasteiger partial charge in [0, 0.05) is 37.8 Å². The van der Waals surface area contributed by atoms with Gasteiger partial charge in [-0.25, -0.2) is 8.42 Å². The Kier molecular flexibility index (Phi) is 8.75. The number of rotatable bonds is 8. The van der Waals surface area contributed by atoms with Crippen LogP contribution in [0, 0.1) is 5.41 Å². The van der Waals surface area contributed by atoms with Gasteiger partial charge in [-0.1, -0.05) is 32.9 Å². The minimum atomic E-state index is -3.17. The average molecular weight is 397 g/mol. The summed E-state index contributed by atoms with van der Waals surface area (Å²) < 4.78 is 23.0. The van der Waals surface area contributed by atoms with Gasteiger partial charge in [0.1, 0.15) is 0 Å². The van der Waals surface area contributed by atoms with E-state index in [9.17, 15) is 13.2 Å². The molecule has 1 rings (SSSR count). The van der Waals surface area contributed by atoms with Crippen LogP contribution in [0.15, 0.2) is 34.2 Å². The number of carbonyl (C=O) groups is 1. The first-order valence-electron chi connectivity index (χ1n) is 9.13. The molecule has 8 heteroatoms. The summed E-state index contributed by atoms with van der Waals surface area (Å²) in [4.78, 5) is 16.7. The van der Waals surface area contributed by atoms with Crippen LogP contribution in [0.2, 0.25) is 0 Å². The van der Waals surface area contributed by atoms with E-state index in [1.165, 1.54) is 6.26 Å². The van der Waals surface area contributed by atoms with E-state index >= 15 is 0 Å². The summed E-state index contributed by atoms with van der Waals surface area (Å²) in [5, 5.41) is 9.24. The van der Waals surface area contributed by atoms with Gasteiger partial charge in [-0.05, 0) is 31.0 Å². The third-order valence-corrected chi connectivity index (χ3v) is 4.88. The maximum absolute atomic E-state index is 11.8. The molecule has 0 unspecified atom stereocenters. The normalized spacial score (nSPS) is 12.6. The summed E-state index contributed by atoms with van der Waals surface area (Å²) in [5.74, 6) is 0.707. The van der Waals surface area contributed by atoms with Crippen molar-refractivity contribution in [3.8, 4) is 0 Å². The molecule has 0 atom stereocenters. The van der Waals surface area contributed by atoms with E-state index in [0.717, 1.165) is 12.1 Å². The predicted molar refractivity (Wildman–Crippen MR) is 110 cm³/mol. The highest BCUT2D eigenvalue weighted by molar-refractivity contribution is 7.90. The zero-order valence-electron chi connectivity index (χ0n) is 16.9. The maximum atomic E-state index is 11.8. The molecule has 0 bridgehead atoms. The largest absolute Gasteiger partial charge is 0.357 e. The summed E-state index contributed by atoms with van der Waals surface area (Å²) in [6, 6.07) is 6.87. The van der Waals surface area contributed by atoms with Crippen LogP contribution in [-0.2, 0) is 21.1 Å². The molecule has 27 heavy (non-hydrogen) atoms. The predicted octanol–water partition coefficient (Wildman–Crippen LogP) is 1.35. The molecule has 7 nitrogen and oxygen atoms in total. The summed E-state index contributed by atoms with van der Waals surface area (Å²) in [5.41, 5.74) is 0.630. The van der Waals surface area contributed by atoms with Crippen LogP contribution in [0.4, 0.5) is 0 Å². The SMILES string of the molecule is CCNC(=NCCc1ccc(S(C)(=O)=O)cc1)NCCNC(=O)C(C)(C)C. The first-order chi connectivity index (χ1) is 12.5. The van der Waals surface area contributed by atoms with Gasteiger partial charge in [-0.15, -0.1) is 0 Å². The first kappa shape index (κ1) is 23.0. The van der Waals surface area contributed by atoms with Crippen molar-refractivity contribution in [2.24, 2.45) is 10.4 Å². The van der Waals surface area contributed by atoms with E-state index in [1.807, 2.05) is 39.8 Å². The highest BCUT2D eigenvalue weighted by Crippen LogP contribution is 2.12. The fourth-order valence-electron chi connectivity index (χ4n) is 2.16. The molecular formula is C19H32N4O3S. The van der Waals surface area contributed by atoms with E-state index < -0.39 is 15.3 Å². The van der Waals surface area contributed by atoms with Gasteiger partial charge < -0.3 is 16.0 Å². The van der Waals surface area contributed by atoms with E-state index in [-0.39, 0.29) is 5.91 Å². The third kappa shape index (κ3) is 8.90. The Labute approximate surface area is 163 Å². The summed E-state index contributed by atoms with van der Waals surface area (Å²) in [6.07, 6.45) is 1.91. The summed E-state index contributed by atoms with van der Waals surface area (Å²) in [7, 11) is -3.17. The van der Waals surface area contributed by atoms with Crippen molar-refractivity contribution in [1.82, 2.24) is 16.0 Å². The van der Waals surface area contributed by atoms with Crippen LogP contribution in [0.25, 0.3) is 0 Å². The lowest BCUT2D eigenvalue weighted by molar-refractivity contribution is -0.128. The van der Waals surface area contributed by atoms with Crippen molar-refractivity contribution < 1.29 is 13.2 Å². The molecule has 0 aliphatic carbocycles. The Morgan fingerprint density at radius 2 is 1.63 bits per heavy atom. The van der Waals surface area contributed by atoms with E-state index in [0.29, 0.717) is 36.9 Å². The van der Waals surface area contributed by atoms with Gasteiger partial charge in [-0.3, -0.25) is 9.79 Å². The Morgan fingerprint density at radius 1 is 1.04 bits per heavy atom. The zero-order chi connectivity index (χ0) is 20.5. The number of benzene rings is 1. The van der Waals surface area contributed by atoms with Crippen molar-refractivity contribution in [3.05, 3.63) is 29.8 Å². The van der Waals surface area contributed by atoms with Gasteiger partial charge in [0.2, 0.25) is 5.91 Å². The van der Waals surface area contributed by atoms with Crippen LogP contribution in [0.1, 0.15) is 33.3 Å². The molecule has 0 heterocycles. The zero-order valence-corrected chi connectivity index (χ0v) is 17.7. The molecule has 0 radical (unpaired) electrons. The Balaban J connectivity index is 2.48. The summed E-state index contributed by atoms with van der Waals surface area (Å²) in [6.45, 7) is 10.0. The average Bonchev–Trinajstić information content (AvgIpc) is 2.57. The first-order valence-corrected chi connectivity index (χ1v) is 11.0. The van der Waals surface area contributed by atoms with Crippen molar-refractivity contribution in [2.45, 2.75) is 39.0 Å². The number of nitrogens with one attached hydrogen (secondary N) is 3. The van der Waals surface area contributed by atoms with Crippen molar-refractivity contribution in [2.75, 3.05) is 32.4 Å². The smallest absolute Gasteiger partial charge is 0.225 e. The topological polar surface area (TPSA) is 99.7 Å². The van der Waals surface area contributed by atoms with Crippen LogP contribution >= 0.6 is 0 Å². The number of sulfone groups is 1. The molecule has 0 saturated heterocycles. The minimum Gasteiger partial charge on any atom is -0.357 e. The number of amides is 1. The molecule has 1 aromatic carbocycles. The Hall–Kier alpha value is -2.09. The molecule has 0 spiro atoms. The van der Waals surface area contributed by atoms with Gasteiger partial charge in [0.25, 0.3) is 0 Å². The fraction of sp³-hybridized carbons (Fsp3) is 0.579. The highest BCUT2D eigenvalue weighted by Gasteiger charge is 2.20. The van der Waals surface area contributed by atoms with Crippen LogP contribution < -0.4 is 16.0 Å². The van der Waals surface area contributed by atoms with Gasteiger partial charge >= 0.3 is 0 Å². The van der Waals surface area contributed by atoms with Gasteiger partial charge in [-0.2, -0.15) is 0 Å². The number of aliphatic imine (C=N–C) groups is 1. The number of guanidine groups is 1. The Morgan fingerprint density at radius 3 is 2.15 bits per heavy atom. The second kappa shape index (κ2) is 10.3. The summed E-state index contributed by atoms with van der Waals surface area (Å²) >= 11 is 0. The molecule has 3 N–H and O–H groups in total. The van der Waals surface area contributed by atoms with Gasteiger partial charge in [0.15, 0.2) is 15.8 Å². The third-order valence-electron chi connectivity index (χ3n) is 3.75. The number of hydrogen-bond acceptors (Lipinski definition) is 4. The van der Waals surface area contributed by atoms with E-state index in [4.69, 9.17) is 0 Å². The second-order valence-corrected chi connectivity index (χ2v) is 9.38. The van der Waals surface area contributed by atoms with Crippen LogP contribution in [-0.4, -0.2) is 52.7 Å². The van der Waals surface area contributed by atoms with Crippen molar-refractivity contribution in [3.63, 3.8) is 0 Å². The molecular weight excluding hydrogens is 364 g/mol. The molecule has 1 amide bonds. The van der Waals surface area contributed by atoms with Gasteiger partial charge in [0.05, 0.1) is 4.90 Å². The lowest BCUT2D eigenvalue weighted by Crippen LogP contribution is -2.43. The fourth-order valence-corrected chi connectivity index (χ4v) is 2.79. The van der Waals surface area contributed by atoms with Crippen LogP contribution in [0.3, 0.4) is 0 Å². The molecule has 0 aliphatic heterocycles. The quantitative estimate of drug-likeness (QED) is 0.350. The van der Waals surface area contributed by atoms with Crippen LogP contribution in [0.5, 0.6) is 0 Å². The molecule has 0 saturated carbocycles. The lowest BCUT2D eigenvalue weighted by Gasteiger charge is -2.18. The number of nitrogens with zero attached hydrogens (tertiary/aromatic N) is 1. The maximum Gasteiger partial charge on any atom is 0.225 e. The number of carbonyl (C=O) groups excluding carboxylic acids is 1. The van der Waals surface area contributed by atoms with E-state index in [1.54, 1.807) is 12.1 Å². The standard InChI is InChI=1S/C19H32N4O3S/c1-6-20-18(23-14-13-21-17(24)19(2,3)4)22-12-11-15-7-9-16(10-8-15)27(5,25)26/h7-10H,6,11-14H2,1-5H3,(H,21,24)(H2,20,22,23). The second-order valence-electron chi connectivity index (χ2n) is 7.36. The van der Waals surface area contributed by atoms with Crippen molar-refractivity contribution >= 4 is 21.7 Å².